The maximum absolute atomic E-state index is 11.8. The van der Waals surface area contributed by atoms with E-state index in [1.807, 2.05) is 27.7 Å². The van der Waals surface area contributed by atoms with Crippen molar-refractivity contribution in [2.24, 2.45) is 5.92 Å². The lowest BCUT2D eigenvalue weighted by molar-refractivity contribution is 0.0939. The Morgan fingerprint density at radius 3 is 2.38 bits per heavy atom. The molecule has 0 spiro atoms. The lowest BCUT2D eigenvalue weighted by Gasteiger charge is -2.13. The fraction of sp³-hybridized carbons (Fsp3) is 0.462. The molecule has 1 aromatic carbocycles. The number of phenolic OH excluding ortho intramolecular Hbond substituents is 1. The number of phenols is 1. The average Bonchev–Trinajstić information content (AvgIpc) is 2.19. The van der Waals surface area contributed by atoms with Gasteiger partial charge in [0.1, 0.15) is 5.75 Å². The zero-order chi connectivity index (χ0) is 12.3. The van der Waals surface area contributed by atoms with Gasteiger partial charge in [0.25, 0.3) is 0 Å². The molecule has 0 aliphatic heterocycles. The highest BCUT2D eigenvalue weighted by atomic mass is 16.3. The first-order valence-electron chi connectivity index (χ1n) is 5.55. The molecule has 3 nitrogen and oxygen atoms in total. The van der Waals surface area contributed by atoms with Gasteiger partial charge in [-0.2, -0.15) is 0 Å². The Bertz CT molecular complexity index is 384. The third-order valence-corrected chi connectivity index (χ3v) is 2.25. The average molecular weight is 221 g/mol. The standard InChI is InChI=1S/C13H19NO2/c1-8(2)13(16)10-5-6-12(15)11(7-10)14-9(3)4/h5-9,14-15H,1-4H3. The molecule has 16 heavy (non-hydrogen) atoms. The van der Waals surface area contributed by atoms with Gasteiger partial charge in [0, 0.05) is 17.5 Å². The second-order valence-corrected chi connectivity index (χ2v) is 4.55. The lowest BCUT2D eigenvalue weighted by Crippen LogP contribution is -2.12. The molecule has 0 bridgehead atoms. The van der Waals surface area contributed by atoms with Crippen LogP contribution in [0.25, 0.3) is 0 Å². The minimum Gasteiger partial charge on any atom is -0.506 e. The van der Waals surface area contributed by atoms with Crippen LogP contribution in [0.3, 0.4) is 0 Å². The number of hydrogen-bond acceptors (Lipinski definition) is 3. The summed E-state index contributed by atoms with van der Waals surface area (Å²) >= 11 is 0. The number of ketones is 1. The largest absolute Gasteiger partial charge is 0.506 e. The first kappa shape index (κ1) is 12.6. The Morgan fingerprint density at radius 1 is 1.25 bits per heavy atom. The van der Waals surface area contributed by atoms with E-state index in [9.17, 15) is 9.90 Å². The Labute approximate surface area is 96.5 Å². The third-order valence-electron chi connectivity index (χ3n) is 2.25. The number of benzene rings is 1. The van der Waals surface area contributed by atoms with Gasteiger partial charge in [0.05, 0.1) is 5.69 Å². The summed E-state index contributed by atoms with van der Waals surface area (Å²) in [4.78, 5) is 11.8. The van der Waals surface area contributed by atoms with Gasteiger partial charge in [-0.25, -0.2) is 0 Å². The van der Waals surface area contributed by atoms with E-state index < -0.39 is 0 Å². The molecule has 0 saturated carbocycles. The molecule has 0 fully saturated rings. The Kier molecular flexibility index (Phi) is 3.93. The number of rotatable bonds is 4. The molecule has 0 radical (unpaired) electrons. The quantitative estimate of drug-likeness (QED) is 0.607. The van der Waals surface area contributed by atoms with Crippen molar-refractivity contribution in [3.05, 3.63) is 23.8 Å². The second-order valence-electron chi connectivity index (χ2n) is 4.55. The molecule has 0 atom stereocenters. The van der Waals surface area contributed by atoms with Crippen molar-refractivity contribution in [2.45, 2.75) is 33.7 Å². The topological polar surface area (TPSA) is 49.3 Å². The summed E-state index contributed by atoms with van der Waals surface area (Å²) in [7, 11) is 0. The number of nitrogens with one attached hydrogen (secondary N) is 1. The van der Waals surface area contributed by atoms with Crippen LogP contribution in [-0.2, 0) is 0 Å². The Balaban J connectivity index is 3.02. The molecule has 0 saturated heterocycles. The van der Waals surface area contributed by atoms with E-state index in [0.717, 1.165) is 0 Å². The van der Waals surface area contributed by atoms with Gasteiger partial charge in [-0.3, -0.25) is 4.79 Å². The summed E-state index contributed by atoms with van der Waals surface area (Å²) < 4.78 is 0. The highest BCUT2D eigenvalue weighted by Crippen LogP contribution is 2.26. The first-order valence-corrected chi connectivity index (χ1v) is 5.55. The molecule has 0 heterocycles. The smallest absolute Gasteiger partial charge is 0.165 e. The first-order chi connectivity index (χ1) is 7.41. The SMILES string of the molecule is CC(C)Nc1cc(C(=O)C(C)C)ccc1O. The molecule has 0 aliphatic rings. The van der Waals surface area contributed by atoms with Crippen LogP contribution in [0.2, 0.25) is 0 Å². The molecular weight excluding hydrogens is 202 g/mol. The molecule has 1 rings (SSSR count). The number of hydrogen-bond donors (Lipinski definition) is 2. The zero-order valence-corrected chi connectivity index (χ0v) is 10.2. The van der Waals surface area contributed by atoms with Crippen LogP contribution in [0, 0.1) is 5.92 Å². The molecule has 0 amide bonds. The van der Waals surface area contributed by atoms with Crippen molar-refractivity contribution in [3.63, 3.8) is 0 Å². The lowest BCUT2D eigenvalue weighted by atomic mass is 10.0. The summed E-state index contributed by atoms with van der Waals surface area (Å²) in [6, 6.07) is 5.14. The fourth-order valence-corrected chi connectivity index (χ4v) is 1.45. The van der Waals surface area contributed by atoms with Crippen molar-refractivity contribution in [1.29, 1.82) is 0 Å². The minimum atomic E-state index is -0.0311. The number of carbonyl (C=O) groups is 1. The molecule has 3 heteroatoms. The predicted molar refractivity (Wildman–Crippen MR) is 66.0 cm³/mol. The van der Waals surface area contributed by atoms with Gasteiger partial charge in [0.2, 0.25) is 0 Å². The van der Waals surface area contributed by atoms with E-state index in [1.54, 1.807) is 18.2 Å². The summed E-state index contributed by atoms with van der Waals surface area (Å²) in [6.45, 7) is 7.70. The maximum atomic E-state index is 11.8. The number of anilines is 1. The van der Waals surface area contributed by atoms with Crippen molar-refractivity contribution in [1.82, 2.24) is 0 Å². The van der Waals surface area contributed by atoms with E-state index >= 15 is 0 Å². The Morgan fingerprint density at radius 2 is 1.88 bits per heavy atom. The monoisotopic (exact) mass is 221 g/mol. The molecule has 0 aliphatic carbocycles. The van der Waals surface area contributed by atoms with E-state index in [2.05, 4.69) is 5.32 Å². The van der Waals surface area contributed by atoms with Gasteiger partial charge in [-0.15, -0.1) is 0 Å². The Hall–Kier alpha value is -1.51. The zero-order valence-electron chi connectivity index (χ0n) is 10.2. The van der Waals surface area contributed by atoms with Crippen molar-refractivity contribution >= 4 is 11.5 Å². The highest BCUT2D eigenvalue weighted by molar-refractivity contribution is 5.98. The fourth-order valence-electron chi connectivity index (χ4n) is 1.45. The van der Waals surface area contributed by atoms with Gasteiger partial charge < -0.3 is 10.4 Å². The minimum absolute atomic E-state index is 0.0311. The summed E-state index contributed by atoms with van der Waals surface area (Å²) in [6.07, 6.45) is 0. The number of aromatic hydroxyl groups is 1. The van der Waals surface area contributed by atoms with Crippen LogP contribution >= 0.6 is 0 Å². The summed E-state index contributed by atoms with van der Waals surface area (Å²) in [5.74, 6) is 0.234. The van der Waals surface area contributed by atoms with E-state index in [4.69, 9.17) is 0 Å². The molecule has 0 unspecified atom stereocenters. The maximum Gasteiger partial charge on any atom is 0.165 e. The van der Waals surface area contributed by atoms with E-state index in [1.165, 1.54) is 0 Å². The number of carbonyl (C=O) groups excluding carboxylic acids is 1. The highest BCUT2D eigenvalue weighted by Gasteiger charge is 2.12. The molecular formula is C13H19NO2. The molecule has 2 N–H and O–H groups in total. The molecule has 88 valence electrons. The van der Waals surface area contributed by atoms with Gasteiger partial charge in [0.15, 0.2) is 5.78 Å². The van der Waals surface area contributed by atoms with E-state index in [0.29, 0.717) is 11.3 Å². The van der Waals surface area contributed by atoms with Gasteiger partial charge in [-0.1, -0.05) is 13.8 Å². The van der Waals surface area contributed by atoms with Crippen molar-refractivity contribution < 1.29 is 9.90 Å². The van der Waals surface area contributed by atoms with Crippen LogP contribution in [0.4, 0.5) is 5.69 Å². The molecule has 0 aromatic heterocycles. The second kappa shape index (κ2) is 5.01. The normalized spacial score (nSPS) is 10.9. The van der Waals surface area contributed by atoms with Crippen molar-refractivity contribution in [3.8, 4) is 5.75 Å². The van der Waals surface area contributed by atoms with Gasteiger partial charge in [-0.05, 0) is 32.0 Å². The summed E-state index contributed by atoms with van der Waals surface area (Å²) in [5.41, 5.74) is 1.25. The van der Waals surface area contributed by atoms with E-state index in [-0.39, 0.29) is 23.5 Å². The molecule has 1 aromatic rings. The predicted octanol–water partition coefficient (Wildman–Crippen LogP) is 3.05. The number of Topliss-reactive ketones (excluding diaryl/α,β-unsaturated/α-hetero) is 1. The van der Waals surface area contributed by atoms with Crippen LogP contribution in [0.1, 0.15) is 38.1 Å². The summed E-state index contributed by atoms with van der Waals surface area (Å²) in [5, 5.41) is 12.7. The van der Waals surface area contributed by atoms with Crippen LogP contribution in [-0.4, -0.2) is 16.9 Å². The van der Waals surface area contributed by atoms with Crippen LogP contribution < -0.4 is 5.32 Å². The third kappa shape index (κ3) is 2.99. The van der Waals surface area contributed by atoms with Crippen LogP contribution in [0.5, 0.6) is 5.75 Å². The van der Waals surface area contributed by atoms with Crippen LogP contribution in [0.15, 0.2) is 18.2 Å². The van der Waals surface area contributed by atoms with Crippen molar-refractivity contribution in [2.75, 3.05) is 5.32 Å². The van der Waals surface area contributed by atoms with Gasteiger partial charge >= 0.3 is 0 Å².